The van der Waals surface area contributed by atoms with Crippen LogP contribution >= 0.6 is 0 Å². The third-order valence-corrected chi connectivity index (χ3v) is 2.62. The maximum Gasteiger partial charge on any atom is 0.251 e. The number of hydrogen-bond acceptors (Lipinski definition) is 1. The lowest BCUT2D eigenvalue weighted by atomic mass is 10.0. The van der Waals surface area contributed by atoms with E-state index in [0.29, 0.717) is 17.0 Å². The molecule has 3 heteroatoms. The highest BCUT2D eigenvalue weighted by Gasteiger charge is 2.11. The van der Waals surface area contributed by atoms with Gasteiger partial charge in [-0.25, -0.2) is 4.39 Å². The van der Waals surface area contributed by atoms with Crippen LogP contribution in [0.25, 0.3) is 0 Å². The fourth-order valence-electron chi connectivity index (χ4n) is 1.86. The SMILES string of the molecule is Cc1cc(C(=O)NC(C)CC(C)C)ccc1F. The van der Waals surface area contributed by atoms with Crippen molar-refractivity contribution in [1.82, 2.24) is 5.32 Å². The quantitative estimate of drug-likeness (QED) is 0.855. The molecule has 1 N–H and O–H groups in total. The molecule has 0 saturated heterocycles. The Hall–Kier alpha value is -1.38. The summed E-state index contributed by atoms with van der Waals surface area (Å²) in [5.74, 6) is 0.123. The summed E-state index contributed by atoms with van der Waals surface area (Å²) in [5.41, 5.74) is 1.01. The number of benzene rings is 1. The summed E-state index contributed by atoms with van der Waals surface area (Å²) in [4.78, 5) is 11.9. The Bertz CT molecular complexity index is 401. The minimum Gasteiger partial charge on any atom is -0.350 e. The van der Waals surface area contributed by atoms with E-state index in [1.165, 1.54) is 12.1 Å². The van der Waals surface area contributed by atoms with E-state index >= 15 is 0 Å². The molecule has 0 heterocycles. The van der Waals surface area contributed by atoms with Crippen LogP contribution in [0.4, 0.5) is 4.39 Å². The lowest BCUT2D eigenvalue weighted by Gasteiger charge is -2.16. The Morgan fingerprint density at radius 2 is 2.00 bits per heavy atom. The molecule has 1 atom stereocenters. The zero-order chi connectivity index (χ0) is 13.0. The number of aryl methyl sites for hydroxylation is 1. The standard InChI is InChI=1S/C14H20FNO/c1-9(2)7-11(4)16-14(17)12-5-6-13(15)10(3)8-12/h5-6,8-9,11H,7H2,1-4H3,(H,16,17). The first-order chi connectivity index (χ1) is 7.90. The van der Waals surface area contributed by atoms with Crippen molar-refractivity contribution in [2.75, 3.05) is 0 Å². The topological polar surface area (TPSA) is 29.1 Å². The van der Waals surface area contributed by atoms with Crippen molar-refractivity contribution in [1.29, 1.82) is 0 Å². The van der Waals surface area contributed by atoms with Gasteiger partial charge in [0, 0.05) is 11.6 Å². The molecule has 0 bridgehead atoms. The van der Waals surface area contributed by atoms with E-state index in [4.69, 9.17) is 0 Å². The van der Waals surface area contributed by atoms with Gasteiger partial charge in [-0.2, -0.15) is 0 Å². The van der Waals surface area contributed by atoms with Crippen LogP contribution in [-0.2, 0) is 0 Å². The van der Waals surface area contributed by atoms with Gasteiger partial charge in [0.15, 0.2) is 0 Å². The van der Waals surface area contributed by atoms with E-state index in [-0.39, 0.29) is 17.8 Å². The summed E-state index contributed by atoms with van der Waals surface area (Å²) in [6.07, 6.45) is 0.936. The lowest BCUT2D eigenvalue weighted by molar-refractivity contribution is 0.0936. The van der Waals surface area contributed by atoms with Crippen LogP contribution in [0.1, 0.15) is 43.1 Å². The van der Waals surface area contributed by atoms with Gasteiger partial charge < -0.3 is 5.32 Å². The molecule has 1 rings (SSSR count). The third-order valence-electron chi connectivity index (χ3n) is 2.62. The average Bonchev–Trinajstić information content (AvgIpc) is 2.20. The molecule has 1 aromatic carbocycles. The van der Waals surface area contributed by atoms with Gasteiger partial charge in [-0.1, -0.05) is 13.8 Å². The van der Waals surface area contributed by atoms with E-state index in [0.717, 1.165) is 6.42 Å². The van der Waals surface area contributed by atoms with Gasteiger partial charge in [0.1, 0.15) is 5.82 Å². The molecule has 1 aromatic rings. The predicted octanol–water partition coefficient (Wildman–Crippen LogP) is 3.30. The van der Waals surface area contributed by atoms with Crippen LogP contribution in [0.5, 0.6) is 0 Å². The minimum atomic E-state index is -0.281. The fourth-order valence-corrected chi connectivity index (χ4v) is 1.86. The first-order valence-corrected chi connectivity index (χ1v) is 5.97. The molecule has 0 aliphatic heterocycles. The predicted molar refractivity (Wildman–Crippen MR) is 67.5 cm³/mol. The van der Waals surface area contributed by atoms with Crippen LogP contribution in [-0.4, -0.2) is 11.9 Å². The molecule has 0 fully saturated rings. The molecule has 0 aromatic heterocycles. The van der Waals surface area contributed by atoms with E-state index in [2.05, 4.69) is 19.2 Å². The summed E-state index contributed by atoms with van der Waals surface area (Å²) in [6.45, 7) is 7.87. The monoisotopic (exact) mass is 237 g/mol. The maximum atomic E-state index is 13.1. The number of amides is 1. The lowest BCUT2D eigenvalue weighted by Crippen LogP contribution is -2.33. The Morgan fingerprint density at radius 1 is 1.35 bits per heavy atom. The van der Waals surface area contributed by atoms with Crippen LogP contribution in [0.3, 0.4) is 0 Å². The van der Waals surface area contributed by atoms with Crippen LogP contribution in [0.2, 0.25) is 0 Å². The van der Waals surface area contributed by atoms with Crippen LogP contribution < -0.4 is 5.32 Å². The van der Waals surface area contributed by atoms with Crippen molar-refractivity contribution in [3.8, 4) is 0 Å². The number of halogens is 1. The Balaban J connectivity index is 2.66. The van der Waals surface area contributed by atoms with Crippen molar-refractivity contribution in [3.05, 3.63) is 35.1 Å². The fraction of sp³-hybridized carbons (Fsp3) is 0.500. The highest BCUT2D eigenvalue weighted by Crippen LogP contribution is 2.10. The summed E-state index contributed by atoms with van der Waals surface area (Å²) in [7, 11) is 0. The highest BCUT2D eigenvalue weighted by molar-refractivity contribution is 5.94. The second kappa shape index (κ2) is 5.80. The molecule has 94 valence electrons. The highest BCUT2D eigenvalue weighted by atomic mass is 19.1. The summed E-state index contributed by atoms with van der Waals surface area (Å²) < 4.78 is 13.1. The summed E-state index contributed by atoms with van der Waals surface area (Å²) in [5, 5.41) is 2.91. The number of rotatable bonds is 4. The van der Waals surface area contributed by atoms with Crippen molar-refractivity contribution in [2.45, 2.75) is 40.2 Å². The molecule has 0 aliphatic rings. The second-order valence-corrected chi connectivity index (χ2v) is 4.97. The Morgan fingerprint density at radius 3 is 2.53 bits per heavy atom. The number of nitrogens with one attached hydrogen (secondary N) is 1. The molecular weight excluding hydrogens is 217 g/mol. The molecule has 0 aliphatic carbocycles. The first kappa shape index (κ1) is 13.7. The second-order valence-electron chi connectivity index (χ2n) is 4.97. The van der Waals surface area contributed by atoms with E-state index < -0.39 is 0 Å². The minimum absolute atomic E-state index is 0.132. The number of hydrogen-bond donors (Lipinski definition) is 1. The Kier molecular flexibility index (Phi) is 4.67. The normalized spacial score (nSPS) is 12.6. The zero-order valence-electron chi connectivity index (χ0n) is 10.9. The van der Waals surface area contributed by atoms with Gasteiger partial charge in [-0.3, -0.25) is 4.79 Å². The van der Waals surface area contributed by atoms with E-state index in [1.807, 2.05) is 6.92 Å². The third kappa shape index (κ3) is 4.17. The van der Waals surface area contributed by atoms with Gasteiger partial charge >= 0.3 is 0 Å². The molecule has 2 nitrogen and oxygen atoms in total. The summed E-state index contributed by atoms with van der Waals surface area (Å²) >= 11 is 0. The smallest absolute Gasteiger partial charge is 0.251 e. The van der Waals surface area contributed by atoms with Crippen molar-refractivity contribution < 1.29 is 9.18 Å². The average molecular weight is 237 g/mol. The molecular formula is C14H20FNO. The zero-order valence-corrected chi connectivity index (χ0v) is 10.9. The van der Waals surface area contributed by atoms with Gasteiger partial charge in [0.25, 0.3) is 5.91 Å². The van der Waals surface area contributed by atoms with Gasteiger partial charge in [-0.05, 0) is 49.9 Å². The largest absolute Gasteiger partial charge is 0.350 e. The van der Waals surface area contributed by atoms with Gasteiger partial charge in [0.05, 0.1) is 0 Å². The molecule has 1 amide bonds. The summed E-state index contributed by atoms with van der Waals surface area (Å²) in [6, 6.07) is 4.55. The maximum absolute atomic E-state index is 13.1. The van der Waals surface area contributed by atoms with E-state index in [1.54, 1.807) is 13.0 Å². The Labute approximate surface area is 102 Å². The first-order valence-electron chi connectivity index (χ1n) is 5.97. The van der Waals surface area contributed by atoms with Crippen LogP contribution in [0, 0.1) is 18.7 Å². The number of carbonyl (C=O) groups excluding carboxylic acids is 1. The molecule has 1 unspecified atom stereocenters. The van der Waals surface area contributed by atoms with Crippen molar-refractivity contribution >= 4 is 5.91 Å². The van der Waals surface area contributed by atoms with Crippen LogP contribution in [0.15, 0.2) is 18.2 Å². The van der Waals surface area contributed by atoms with Crippen molar-refractivity contribution in [3.63, 3.8) is 0 Å². The number of carbonyl (C=O) groups is 1. The van der Waals surface area contributed by atoms with Gasteiger partial charge in [0.2, 0.25) is 0 Å². The van der Waals surface area contributed by atoms with Crippen molar-refractivity contribution in [2.24, 2.45) is 5.92 Å². The van der Waals surface area contributed by atoms with E-state index in [9.17, 15) is 9.18 Å². The molecule has 0 spiro atoms. The molecule has 0 radical (unpaired) electrons. The van der Waals surface area contributed by atoms with Gasteiger partial charge in [-0.15, -0.1) is 0 Å². The molecule has 17 heavy (non-hydrogen) atoms. The molecule has 0 saturated carbocycles.